The molecule has 0 aliphatic rings. The quantitative estimate of drug-likeness (QED) is 0.479. The van der Waals surface area contributed by atoms with Crippen molar-refractivity contribution in [2.24, 2.45) is 0 Å². The van der Waals surface area contributed by atoms with E-state index in [0.717, 1.165) is 33.7 Å². The molecular weight excluding hydrogens is 466 g/mol. The Hall–Kier alpha value is -3.07. The molecule has 1 atom stereocenters. The summed E-state index contributed by atoms with van der Waals surface area (Å²) in [5.74, 6) is -0.0305. The van der Waals surface area contributed by atoms with Crippen LogP contribution in [0.5, 0.6) is 5.75 Å². The van der Waals surface area contributed by atoms with Gasteiger partial charge in [-0.25, -0.2) is 8.42 Å². The number of rotatable bonds is 12. The number of hydrogen-bond donors (Lipinski definition) is 1. The molecule has 1 unspecified atom stereocenters. The van der Waals surface area contributed by atoms with E-state index >= 15 is 0 Å². The van der Waals surface area contributed by atoms with E-state index in [1.165, 1.54) is 4.90 Å². The third-order valence-electron chi connectivity index (χ3n) is 5.76. The number of carbonyl (C=O) groups excluding carboxylic acids is 2. The zero-order valence-electron chi connectivity index (χ0n) is 21.5. The molecule has 192 valence electrons. The summed E-state index contributed by atoms with van der Waals surface area (Å²) >= 11 is 0. The average molecular weight is 504 g/mol. The van der Waals surface area contributed by atoms with Crippen molar-refractivity contribution in [1.82, 2.24) is 10.2 Å². The van der Waals surface area contributed by atoms with E-state index in [9.17, 15) is 18.0 Å². The highest BCUT2D eigenvalue weighted by molar-refractivity contribution is 7.92. The molecule has 0 saturated heterocycles. The lowest BCUT2D eigenvalue weighted by Crippen LogP contribution is -2.52. The van der Waals surface area contributed by atoms with E-state index in [0.29, 0.717) is 24.4 Å². The molecule has 1 N–H and O–H groups in total. The number of anilines is 1. The van der Waals surface area contributed by atoms with Gasteiger partial charge in [-0.2, -0.15) is 0 Å². The number of nitrogens with one attached hydrogen (secondary N) is 1. The Bertz CT molecular complexity index is 1120. The van der Waals surface area contributed by atoms with Crippen LogP contribution < -0.4 is 14.4 Å². The lowest BCUT2D eigenvalue weighted by Gasteiger charge is -2.33. The van der Waals surface area contributed by atoms with Crippen LogP contribution in [0.25, 0.3) is 0 Å². The van der Waals surface area contributed by atoms with Gasteiger partial charge in [-0.05, 0) is 61.6 Å². The second kappa shape index (κ2) is 12.6. The van der Waals surface area contributed by atoms with Gasteiger partial charge in [0.05, 0.1) is 19.1 Å². The smallest absolute Gasteiger partial charge is 0.244 e. The van der Waals surface area contributed by atoms with Crippen molar-refractivity contribution >= 4 is 27.5 Å². The number of benzene rings is 2. The summed E-state index contributed by atoms with van der Waals surface area (Å²) in [4.78, 5) is 28.1. The first-order valence-corrected chi connectivity index (χ1v) is 13.6. The maximum Gasteiger partial charge on any atom is 0.244 e. The van der Waals surface area contributed by atoms with Crippen molar-refractivity contribution in [2.75, 3.05) is 30.8 Å². The number of sulfonamides is 1. The van der Waals surface area contributed by atoms with Crippen LogP contribution in [-0.4, -0.2) is 57.6 Å². The summed E-state index contributed by atoms with van der Waals surface area (Å²) in [6.07, 6.45) is 2.24. The van der Waals surface area contributed by atoms with E-state index in [-0.39, 0.29) is 12.5 Å². The molecule has 0 saturated carbocycles. The molecule has 9 heteroatoms. The van der Waals surface area contributed by atoms with Gasteiger partial charge < -0.3 is 15.0 Å². The lowest BCUT2D eigenvalue weighted by molar-refractivity contribution is -0.140. The Morgan fingerprint density at radius 1 is 1.06 bits per heavy atom. The molecule has 0 heterocycles. The fourth-order valence-corrected chi connectivity index (χ4v) is 4.69. The van der Waals surface area contributed by atoms with Crippen molar-refractivity contribution in [3.05, 3.63) is 59.2 Å². The molecule has 0 fully saturated rings. The van der Waals surface area contributed by atoms with E-state index in [4.69, 9.17) is 4.74 Å². The lowest BCUT2D eigenvalue weighted by atomic mass is 10.1. The first-order chi connectivity index (χ1) is 16.5. The van der Waals surface area contributed by atoms with Crippen LogP contribution in [0.15, 0.2) is 42.5 Å². The minimum atomic E-state index is -3.77. The molecule has 8 nitrogen and oxygen atoms in total. The largest absolute Gasteiger partial charge is 0.497 e. The van der Waals surface area contributed by atoms with E-state index < -0.39 is 28.5 Å². The highest BCUT2D eigenvalue weighted by Gasteiger charge is 2.32. The van der Waals surface area contributed by atoms with Gasteiger partial charge in [0.25, 0.3) is 0 Å². The van der Waals surface area contributed by atoms with Crippen molar-refractivity contribution in [3.8, 4) is 5.75 Å². The van der Waals surface area contributed by atoms with Crippen molar-refractivity contribution in [1.29, 1.82) is 0 Å². The normalized spacial score (nSPS) is 12.1. The first kappa shape index (κ1) is 28.2. The van der Waals surface area contributed by atoms with Crippen LogP contribution in [-0.2, 0) is 26.2 Å². The maximum absolute atomic E-state index is 13.7. The minimum Gasteiger partial charge on any atom is -0.497 e. The van der Waals surface area contributed by atoms with Crippen LogP contribution in [0.1, 0.15) is 43.4 Å². The van der Waals surface area contributed by atoms with Crippen LogP contribution >= 0.6 is 0 Å². The summed E-state index contributed by atoms with van der Waals surface area (Å²) in [6.45, 7) is 7.71. The van der Waals surface area contributed by atoms with Gasteiger partial charge in [-0.1, -0.05) is 38.1 Å². The molecular formula is C26H37N3O5S. The Labute approximate surface area is 209 Å². The number of aryl methyl sites for hydroxylation is 2. The molecule has 2 amide bonds. The summed E-state index contributed by atoms with van der Waals surface area (Å²) in [5, 5.41) is 2.87. The third kappa shape index (κ3) is 7.71. The Kier molecular flexibility index (Phi) is 10.1. The Morgan fingerprint density at radius 2 is 1.71 bits per heavy atom. The summed E-state index contributed by atoms with van der Waals surface area (Å²) in [6, 6.07) is 12.0. The van der Waals surface area contributed by atoms with Crippen LogP contribution in [0.4, 0.5) is 5.69 Å². The zero-order valence-corrected chi connectivity index (χ0v) is 22.3. The van der Waals surface area contributed by atoms with Gasteiger partial charge in [-0.3, -0.25) is 13.9 Å². The van der Waals surface area contributed by atoms with Crippen molar-refractivity contribution < 1.29 is 22.7 Å². The Morgan fingerprint density at radius 3 is 2.26 bits per heavy atom. The molecule has 2 aromatic rings. The molecule has 35 heavy (non-hydrogen) atoms. The molecule has 2 aromatic carbocycles. The zero-order chi connectivity index (χ0) is 26.2. The predicted octanol–water partition coefficient (Wildman–Crippen LogP) is 3.41. The minimum absolute atomic E-state index is 0.158. The molecule has 0 spiro atoms. The van der Waals surface area contributed by atoms with E-state index in [2.05, 4.69) is 5.32 Å². The number of nitrogens with zero attached hydrogens (tertiary/aromatic N) is 2. The molecule has 0 bridgehead atoms. The summed E-state index contributed by atoms with van der Waals surface area (Å²) in [5.41, 5.74) is 2.88. The number of amides is 2. The van der Waals surface area contributed by atoms with Crippen LogP contribution in [0, 0.1) is 13.8 Å². The van der Waals surface area contributed by atoms with Gasteiger partial charge in [0, 0.05) is 13.1 Å². The maximum atomic E-state index is 13.7. The Balaban J connectivity index is 2.46. The first-order valence-electron chi connectivity index (χ1n) is 11.8. The predicted molar refractivity (Wildman–Crippen MR) is 139 cm³/mol. The summed E-state index contributed by atoms with van der Waals surface area (Å²) < 4.78 is 31.9. The molecule has 2 rings (SSSR count). The SMILES string of the molecule is CCCNC(=O)C(CC)N(Cc1ccc(OC)cc1)C(=O)CN(c1cc(C)ccc1C)S(C)(=O)=O. The molecule has 0 aliphatic carbocycles. The van der Waals surface area contributed by atoms with Crippen LogP contribution in [0.3, 0.4) is 0 Å². The number of hydrogen-bond acceptors (Lipinski definition) is 5. The van der Waals surface area contributed by atoms with Crippen molar-refractivity contribution in [3.63, 3.8) is 0 Å². The standard InChI is InChI=1S/C26H37N3O5S/c1-7-15-27-26(31)23(8-2)28(17-21-11-13-22(34-5)14-12-21)25(30)18-29(35(6,32)33)24-16-19(3)9-10-20(24)4/h9-14,16,23H,7-8,15,17-18H2,1-6H3,(H,27,31). The molecule has 0 radical (unpaired) electrons. The second-order valence-corrected chi connectivity index (χ2v) is 10.6. The fraction of sp³-hybridized carbons (Fsp3) is 0.462. The number of ether oxygens (including phenoxy) is 1. The highest BCUT2D eigenvalue weighted by Crippen LogP contribution is 2.25. The van der Waals surface area contributed by atoms with Gasteiger partial charge in [0.15, 0.2) is 0 Å². The van der Waals surface area contributed by atoms with Crippen molar-refractivity contribution in [2.45, 2.75) is 53.1 Å². The third-order valence-corrected chi connectivity index (χ3v) is 6.89. The van der Waals surface area contributed by atoms with Gasteiger partial charge in [0.1, 0.15) is 18.3 Å². The second-order valence-electron chi connectivity index (χ2n) is 8.64. The van der Waals surface area contributed by atoms with Gasteiger partial charge in [0.2, 0.25) is 21.8 Å². The average Bonchev–Trinajstić information content (AvgIpc) is 2.82. The monoisotopic (exact) mass is 503 g/mol. The van der Waals surface area contributed by atoms with E-state index in [1.807, 2.05) is 45.0 Å². The number of methoxy groups -OCH3 is 1. The van der Waals surface area contributed by atoms with E-state index in [1.54, 1.807) is 32.2 Å². The van der Waals surface area contributed by atoms with Gasteiger partial charge in [-0.15, -0.1) is 0 Å². The topological polar surface area (TPSA) is 96.0 Å². The fourth-order valence-electron chi connectivity index (χ4n) is 3.80. The van der Waals surface area contributed by atoms with Gasteiger partial charge >= 0.3 is 0 Å². The molecule has 0 aromatic heterocycles. The summed E-state index contributed by atoms with van der Waals surface area (Å²) in [7, 11) is -2.19. The van der Waals surface area contributed by atoms with Crippen LogP contribution in [0.2, 0.25) is 0 Å². The number of carbonyl (C=O) groups is 2. The highest BCUT2D eigenvalue weighted by atomic mass is 32.2. The molecule has 0 aliphatic heterocycles.